The number of aromatic nitrogens is 2. The Morgan fingerprint density at radius 1 is 1.32 bits per heavy atom. The molecule has 0 atom stereocenters. The van der Waals surface area contributed by atoms with E-state index in [-0.39, 0.29) is 12.1 Å². The number of hydrogen-bond donors (Lipinski definition) is 1. The zero-order valence-electron chi connectivity index (χ0n) is 9.38. The highest BCUT2D eigenvalue weighted by Gasteiger charge is 2.34. The average molecular weight is 385 g/mol. The van der Waals surface area contributed by atoms with Crippen molar-refractivity contribution >= 4 is 28.4 Å². The Bertz CT molecular complexity index is 606. The minimum absolute atomic E-state index is 0.0538. The molecular formula is C11H8F4IN3. The van der Waals surface area contributed by atoms with Crippen LogP contribution in [0.2, 0.25) is 0 Å². The highest BCUT2D eigenvalue weighted by atomic mass is 127. The summed E-state index contributed by atoms with van der Waals surface area (Å²) < 4.78 is 52.9. The standard InChI is InChI=1S/C11H8F4IN3/c12-8-2-1-6(3-7(8)11(13,14)15)5-19-10(17)9(16)4-18-19/h1-4H,5,17H2. The molecule has 0 bridgehead atoms. The first-order valence-corrected chi connectivity index (χ1v) is 6.19. The monoisotopic (exact) mass is 385 g/mol. The van der Waals surface area contributed by atoms with Crippen molar-refractivity contribution in [3.05, 3.63) is 44.9 Å². The molecule has 0 saturated heterocycles. The quantitative estimate of drug-likeness (QED) is 0.637. The second-order valence-electron chi connectivity index (χ2n) is 3.85. The van der Waals surface area contributed by atoms with Crippen molar-refractivity contribution in [2.45, 2.75) is 12.7 Å². The zero-order valence-corrected chi connectivity index (χ0v) is 11.5. The van der Waals surface area contributed by atoms with E-state index in [1.165, 1.54) is 16.9 Å². The molecule has 1 aromatic heterocycles. The molecule has 0 aliphatic carbocycles. The summed E-state index contributed by atoms with van der Waals surface area (Å²) in [4.78, 5) is 0. The summed E-state index contributed by atoms with van der Waals surface area (Å²) in [6.45, 7) is 0.0538. The Labute approximate surface area is 119 Å². The molecule has 8 heteroatoms. The van der Waals surface area contributed by atoms with E-state index < -0.39 is 17.6 Å². The first kappa shape index (κ1) is 14.1. The van der Waals surface area contributed by atoms with Crippen LogP contribution in [0.5, 0.6) is 0 Å². The number of alkyl halides is 3. The van der Waals surface area contributed by atoms with E-state index in [2.05, 4.69) is 5.10 Å². The third-order valence-electron chi connectivity index (χ3n) is 2.50. The molecule has 102 valence electrons. The van der Waals surface area contributed by atoms with Crippen molar-refractivity contribution in [1.82, 2.24) is 9.78 Å². The van der Waals surface area contributed by atoms with Crippen LogP contribution < -0.4 is 5.73 Å². The Kier molecular flexibility index (Phi) is 3.70. The normalized spacial score (nSPS) is 11.8. The lowest BCUT2D eigenvalue weighted by Gasteiger charge is -2.10. The van der Waals surface area contributed by atoms with E-state index in [9.17, 15) is 17.6 Å². The fourth-order valence-corrected chi connectivity index (χ4v) is 1.96. The molecule has 2 aromatic rings. The van der Waals surface area contributed by atoms with E-state index in [4.69, 9.17) is 5.73 Å². The van der Waals surface area contributed by atoms with Crippen molar-refractivity contribution in [2.24, 2.45) is 0 Å². The second kappa shape index (κ2) is 4.99. The highest BCUT2D eigenvalue weighted by molar-refractivity contribution is 14.1. The fraction of sp³-hybridized carbons (Fsp3) is 0.182. The van der Waals surface area contributed by atoms with Gasteiger partial charge in [-0.25, -0.2) is 9.07 Å². The molecule has 0 aliphatic rings. The number of anilines is 1. The highest BCUT2D eigenvalue weighted by Crippen LogP contribution is 2.32. The molecule has 1 heterocycles. The molecule has 0 saturated carbocycles. The number of hydrogen-bond acceptors (Lipinski definition) is 2. The van der Waals surface area contributed by atoms with Gasteiger partial charge in [-0.05, 0) is 40.3 Å². The van der Waals surface area contributed by atoms with Crippen molar-refractivity contribution in [2.75, 3.05) is 5.73 Å². The maximum atomic E-state index is 13.1. The first-order chi connectivity index (χ1) is 8.79. The van der Waals surface area contributed by atoms with Crippen LogP contribution in [0, 0.1) is 9.39 Å². The number of benzene rings is 1. The zero-order chi connectivity index (χ0) is 14.2. The van der Waals surface area contributed by atoms with Crippen molar-refractivity contribution in [3.63, 3.8) is 0 Å². The summed E-state index contributed by atoms with van der Waals surface area (Å²) in [6, 6.07) is 2.84. The predicted octanol–water partition coefficient (Wildman–Crippen LogP) is 3.28. The SMILES string of the molecule is Nc1c(I)cnn1Cc1ccc(F)c(C(F)(F)F)c1. The van der Waals surface area contributed by atoms with Gasteiger partial charge in [0.05, 0.1) is 21.9 Å². The molecule has 0 fully saturated rings. The van der Waals surface area contributed by atoms with Crippen molar-refractivity contribution in [3.8, 4) is 0 Å². The number of rotatable bonds is 2. The third-order valence-corrected chi connectivity index (χ3v) is 3.33. The lowest BCUT2D eigenvalue weighted by Crippen LogP contribution is -2.11. The Balaban J connectivity index is 2.34. The lowest BCUT2D eigenvalue weighted by atomic mass is 10.1. The molecule has 2 N–H and O–H groups in total. The van der Waals surface area contributed by atoms with Gasteiger partial charge in [0.2, 0.25) is 0 Å². The summed E-state index contributed by atoms with van der Waals surface area (Å²) in [5.41, 5.74) is 4.69. The molecule has 3 nitrogen and oxygen atoms in total. The molecular weight excluding hydrogens is 377 g/mol. The molecule has 0 spiro atoms. The molecule has 1 aromatic carbocycles. The Hall–Kier alpha value is -1.32. The molecule has 0 radical (unpaired) electrons. The van der Waals surface area contributed by atoms with Crippen LogP contribution in [0.15, 0.2) is 24.4 Å². The summed E-state index contributed by atoms with van der Waals surface area (Å²) >= 11 is 1.96. The predicted molar refractivity (Wildman–Crippen MR) is 69.9 cm³/mol. The van der Waals surface area contributed by atoms with E-state index in [0.29, 0.717) is 9.39 Å². The van der Waals surface area contributed by atoms with E-state index in [1.54, 1.807) is 0 Å². The smallest absolute Gasteiger partial charge is 0.383 e. The Morgan fingerprint density at radius 2 is 2.00 bits per heavy atom. The van der Waals surface area contributed by atoms with Crippen LogP contribution in [-0.2, 0) is 12.7 Å². The molecule has 0 amide bonds. The summed E-state index contributed by atoms with van der Waals surface area (Å²) in [7, 11) is 0. The minimum atomic E-state index is -4.72. The van der Waals surface area contributed by atoms with Crippen LogP contribution >= 0.6 is 22.6 Å². The van der Waals surface area contributed by atoms with Crippen LogP contribution in [-0.4, -0.2) is 9.78 Å². The molecule has 2 rings (SSSR count). The molecule has 0 aliphatic heterocycles. The number of halogens is 5. The average Bonchev–Trinajstić information content (AvgIpc) is 2.62. The lowest BCUT2D eigenvalue weighted by molar-refractivity contribution is -0.140. The maximum Gasteiger partial charge on any atom is 0.419 e. The maximum absolute atomic E-state index is 13.1. The largest absolute Gasteiger partial charge is 0.419 e. The summed E-state index contributed by atoms with van der Waals surface area (Å²) in [5.74, 6) is -0.933. The van der Waals surface area contributed by atoms with Gasteiger partial charge in [0.1, 0.15) is 11.6 Å². The van der Waals surface area contributed by atoms with E-state index >= 15 is 0 Å². The van der Waals surface area contributed by atoms with Gasteiger partial charge in [0, 0.05) is 0 Å². The van der Waals surface area contributed by atoms with Gasteiger partial charge in [-0.15, -0.1) is 0 Å². The number of nitrogen functional groups attached to an aromatic ring is 1. The first-order valence-electron chi connectivity index (χ1n) is 5.11. The van der Waals surface area contributed by atoms with Crippen LogP contribution in [0.3, 0.4) is 0 Å². The van der Waals surface area contributed by atoms with Gasteiger partial charge in [-0.2, -0.15) is 18.3 Å². The van der Waals surface area contributed by atoms with Crippen molar-refractivity contribution in [1.29, 1.82) is 0 Å². The topological polar surface area (TPSA) is 43.8 Å². The van der Waals surface area contributed by atoms with Crippen LogP contribution in [0.1, 0.15) is 11.1 Å². The van der Waals surface area contributed by atoms with Gasteiger partial charge in [0.25, 0.3) is 0 Å². The Morgan fingerprint density at radius 3 is 2.53 bits per heavy atom. The van der Waals surface area contributed by atoms with Gasteiger partial charge in [0.15, 0.2) is 0 Å². The second-order valence-corrected chi connectivity index (χ2v) is 5.01. The van der Waals surface area contributed by atoms with Crippen LogP contribution in [0.25, 0.3) is 0 Å². The molecule has 19 heavy (non-hydrogen) atoms. The van der Waals surface area contributed by atoms with Gasteiger partial charge in [-0.3, -0.25) is 0 Å². The minimum Gasteiger partial charge on any atom is -0.383 e. The summed E-state index contributed by atoms with van der Waals surface area (Å²) in [5, 5.41) is 3.93. The molecule has 0 unspecified atom stereocenters. The fourth-order valence-electron chi connectivity index (χ4n) is 1.56. The van der Waals surface area contributed by atoms with Gasteiger partial charge in [-0.1, -0.05) is 6.07 Å². The van der Waals surface area contributed by atoms with E-state index in [0.717, 1.165) is 12.1 Å². The number of nitrogens with two attached hydrogens (primary N) is 1. The summed E-state index contributed by atoms with van der Waals surface area (Å²) in [6.07, 6.45) is -3.21. The van der Waals surface area contributed by atoms with E-state index in [1.807, 2.05) is 22.6 Å². The third kappa shape index (κ3) is 2.99. The van der Waals surface area contributed by atoms with Crippen molar-refractivity contribution < 1.29 is 17.6 Å². The number of nitrogens with zero attached hydrogens (tertiary/aromatic N) is 2. The van der Waals surface area contributed by atoms with Gasteiger partial charge < -0.3 is 5.73 Å². The van der Waals surface area contributed by atoms with Crippen LogP contribution in [0.4, 0.5) is 23.4 Å². The van der Waals surface area contributed by atoms with Gasteiger partial charge >= 0.3 is 6.18 Å².